The number of benzene rings is 1. The van der Waals surface area contributed by atoms with Crippen molar-refractivity contribution in [2.45, 2.75) is 45.4 Å². The van der Waals surface area contributed by atoms with E-state index in [0.717, 1.165) is 44.4 Å². The van der Waals surface area contributed by atoms with Gasteiger partial charge in [-0.05, 0) is 50.8 Å². The van der Waals surface area contributed by atoms with Gasteiger partial charge in [0, 0.05) is 25.3 Å². The predicted octanol–water partition coefficient (Wildman–Crippen LogP) is 3.93. The number of carbonyl (C=O) groups is 2. The second-order valence-corrected chi connectivity index (χ2v) is 7.99. The Labute approximate surface area is 161 Å². The van der Waals surface area contributed by atoms with Gasteiger partial charge in [0.05, 0.1) is 12.0 Å². The summed E-state index contributed by atoms with van der Waals surface area (Å²) in [5.41, 5.74) is 0.744. The van der Waals surface area contributed by atoms with Crippen molar-refractivity contribution in [2.24, 2.45) is 5.41 Å². The van der Waals surface area contributed by atoms with Gasteiger partial charge >= 0.3 is 5.97 Å². The van der Waals surface area contributed by atoms with Crippen LogP contribution in [0.1, 0.15) is 44.6 Å². The number of rotatable bonds is 9. The molecule has 0 spiro atoms. The summed E-state index contributed by atoms with van der Waals surface area (Å²) in [4.78, 5) is 27.1. The number of hydrogen-bond acceptors (Lipinski definition) is 4. The number of thioether (sulfide) groups is 1. The average molecular weight is 378 g/mol. The number of nitrogens with zero attached hydrogens (tertiary/aromatic N) is 1. The van der Waals surface area contributed by atoms with Crippen molar-refractivity contribution < 1.29 is 14.3 Å². The molecule has 0 bridgehead atoms. The van der Waals surface area contributed by atoms with E-state index in [2.05, 4.69) is 12.1 Å². The Hall–Kier alpha value is -1.49. The van der Waals surface area contributed by atoms with Crippen LogP contribution in [0, 0.1) is 5.41 Å². The van der Waals surface area contributed by atoms with Gasteiger partial charge in [-0.3, -0.25) is 9.59 Å². The van der Waals surface area contributed by atoms with Crippen LogP contribution in [0.5, 0.6) is 0 Å². The minimum atomic E-state index is -0.544. The Bertz CT molecular complexity index is 578. The molecule has 0 aromatic heterocycles. The third-order valence-corrected chi connectivity index (χ3v) is 5.73. The van der Waals surface area contributed by atoms with Crippen LogP contribution in [0.4, 0.5) is 0 Å². The van der Waals surface area contributed by atoms with Gasteiger partial charge in [-0.15, -0.1) is 0 Å². The highest BCUT2D eigenvalue weighted by molar-refractivity contribution is 7.98. The van der Waals surface area contributed by atoms with Crippen LogP contribution in [-0.4, -0.2) is 48.5 Å². The third kappa shape index (κ3) is 5.76. The SMILES string of the molecule is CCOC(=O)C1(CCCc2ccccc2)CCCN(C(=O)CCSC)C1. The standard InChI is InChI=1S/C21H31NO3S/c1-3-25-20(24)21(13-7-11-18-9-5-4-6-10-18)14-8-15-22(17-21)19(23)12-16-26-2/h4-6,9-10H,3,7-8,11-17H2,1-2H3. The van der Waals surface area contributed by atoms with Gasteiger partial charge < -0.3 is 9.64 Å². The lowest BCUT2D eigenvalue weighted by Crippen LogP contribution is -2.50. The molecule has 1 heterocycles. The topological polar surface area (TPSA) is 46.6 Å². The molecule has 1 amide bonds. The number of esters is 1. The molecule has 0 radical (unpaired) electrons. The van der Waals surface area contributed by atoms with Crippen LogP contribution in [0.15, 0.2) is 30.3 Å². The van der Waals surface area contributed by atoms with Crippen molar-refractivity contribution in [3.63, 3.8) is 0 Å². The van der Waals surface area contributed by atoms with E-state index in [9.17, 15) is 9.59 Å². The first-order valence-corrected chi connectivity index (χ1v) is 11.0. The maximum atomic E-state index is 12.8. The van der Waals surface area contributed by atoms with Crippen molar-refractivity contribution >= 4 is 23.6 Å². The van der Waals surface area contributed by atoms with Gasteiger partial charge in [0.15, 0.2) is 0 Å². The Morgan fingerprint density at radius 3 is 2.73 bits per heavy atom. The van der Waals surface area contributed by atoms with E-state index in [1.165, 1.54) is 5.56 Å². The first kappa shape index (κ1) is 20.8. The first-order valence-electron chi connectivity index (χ1n) is 9.59. The largest absolute Gasteiger partial charge is 0.466 e. The molecule has 0 aliphatic carbocycles. The van der Waals surface area contributed by atoms with Gasteiger partial charge in [-0.25, -0.2) is 0 Å². The number of ether oxygens (including phenoxy) is 1. The van der Waals surface area contributed by atoms with E-state index in [1.54, 1.807) is 11.8 Å². The van der Waals surface area contributed by atoms with E-state index >= 15 is 0 Å². The fourth-order valence-corrected chi connectivity index (χ4v) is 4.10. The van der Waals surface area contributed by atoms with Crippen molar-refractivity contribution in [3.05, 3.63) is 35.9 Å². The van der Waals surface area contributed by atoms with Crippen LogP contribution in [-0.2, 0) is 20.7 Å². The van der Waals surface area contributed by atoms with Crippen molar-refractivity contribution in [1.82, 2.24) is 4.90 Å². The van der Waals surface area contributed by atoms with Crippen LogP contribution in [0.3, 0.4) is 0 Å². The molecule has 0 saturated carbocycles. The normalized spacial score (nSPS) is 20.0. The molecule has 1 aromatic rings. The second-order valence-electron chi connectivity index (χ2n) is 7.00. The molecular formula is C21H31NO3S. The molecule has 4 nitrogen and oxygen atoms in total. The highest BCUT2D eigenvalue weighted by Crippen LogP contribution is 2.37. The molecule has 0 N–H and O–H groups in total. The number of aryl methyl sites for hydroxylation is 1. The Kier molecular flexibility index (Phi) is 8.49. The fourth-order valence-electron chi connectivity index (χ4n) is 3.72. The summed E-state index contributed by atoms with van der Waals surface area (Å²) in [5, 5.41) is 0. The molecule has 1 aromatic carbocycles. The van der Waals surface area contributed by atoms with Gasteiger partial charge in [0.25, 0.3) is 0 Å². The van der Waals surface area contributed by atoms with Crippen molar-refractivity contribution in [3.8, 4) is 0 Å². The predicted molar refractivity (Wildman–Crippen MR) is 107 cm³/mol. The van der Waals surface area contributed by atoms with Gasteiger partial charge in [-0.2, -0.15) is 11.8 Å². The van der Waals surface area contributed by atoms with Crippen molar-refractivity contribution in [2.75, 3.05) is 31.7 Å². The van der Waals surface area contributed by atoms with Gasteiger partial charge in [-0.1, -0.05) is 30.3 Å². The molecule has 5 heteroatoms. The first-order chi connectivity index (χ1) is 12.6. The maximum Gasteiger partial charge on any atom is 0.313 e. The maximum absolute atomic E-state index is 12.8. The Morgan fingerprint density at radius 1 is 1.27 bits per heavy atom. The zero-order valence-corrected chi connectivity index (χ0v) is 16.9. The molecule has 1 aliphatic rings. The summed E-state index contributed by atoms with van der Waals surface area (Å²) in [5.74, 6) is 0.863. The zero-order valence-electron chi connectivity index (χ0n) is 16.0. The molecule has 26 heavy (non-hydrogen) atoms. The molecule has 1 unspecified atom stereocenters. The second kappa shape index (κ2) is 10.6. The third-order valence-electron chi connectivity index (χ3n) is 5.12. The monoisotopic (exact) mass is 377 g/mol. The summed E-state index contributed by atoms with van der Waals surface area (Å²) < 4.78 is 5.42. The number of hydrogen-bond donors (Lipinski definition) is 0. The van der Waals surface area contributed by atoms with Gasteiger partial charge in [0.1, 0.15) is 0 Å². The molecular weight excluding hydrogens is 346 g/mol. The van der Waals surface area contributed by atoms with Crippen LogP contribution in [0.25, 0.3) is 0 Å². The molecule has 1 saturated heterocycles. The molecule has 1 aliphatic heterocycles. The summed E-state index contributed by atoms with van der Waals surface area (Å²) in [6.45, 7) is 3.50. The van der Waals surface area contributed by atoms with Crippen LogP contribution < -0.4 is 0 Å². The molecule has 144 valence electrons. The summed E-state index contributed by atoms with van der Waals surface area (Å²) in [7, 11) is 0. The minimum absolute atomic E-state index is 0.129. The lowest BCUT2D eigenvalue weighted by molar-refractivity contribution is -0.161. The van der Waals surface area contributed by atoms with E-state index in [0.29, 0.717) is 19.6 Å². The number of amides is 1. The fraction of sp³-hybridized carbons (Fsp3) is 0.619. The summed E-state index contributed by atoms with van der Waals surface area (Å²) in [6.07, 6.45) is 6.88. The number of piperidine rings is 1. The Balaban J connectivity index is 2.03. The highest BCUT2D eigenvalue weighted by atomic mass is 32.2. The Morgan fingerprint density at radius 2 is 2.04 bits per heavy atom. The molecule has 1 atom stereocenters. The van der Waals surface area contributed by atoms with Crippen LogP contribution in [0.2, 0.25) is 0 Å². The van der Waals surface area contributed by atoms with E-state index in [4.69, 9.17) is 4.74 Å². The number of likely N-dealkylation sites (tertiary alicyclic amines) is 1. The highest BCUT2D eigenvalue weighted by Gasteiger charge is 2.44. The van der Waals surface area contributed by atoms with Gasteiger partial charge in [0.2, 0.25) is 5.91 Å². The molecule has 1 fully saturated rings. The van der Waals surface area contributed by atoms with Crippen LogP contribution >= 0.6 is 11.8 Å². The average Bonchev–Trinajstić information content (AvgIpc) is 2.67. The van der Waals surface area contributed by atoms with E-state index in [1.807, 2.05) is 36.3 Å². The number of carbonyl (C=O) groups excluding carboxylic acids is 2. The lowest BCUT2D eigenvalue weighted by atomic mass is 9.75. The molecule has 2 rings (SSSR count). The summed E-state index contributed by atoms with van der Waals surface area (Å²) in [6, 6.07) is 10.3. The summed E-state index contributed by atoms with van der Waals surface area (Å²) >= 11 is 1.68. The zero-order chi connectivity index (χ0) is 18.8. The van der Waals surface area contributed by atoms with Crippen molar-refractivity contribution in [1.29, 1.82) is 0 Å². The quantitative estimate of drug-likeness (QED) is 0.612. The smallest absolute Gasteiger partial charge is 0.313 e. The van der Waals surface area contributed by atoms with E-state index < -0.39 is 5.41 Å². The lowest BCUT2D eigenvalue weighted by Gasteiger charge is -2.41. The van der Waals surface area contributed by atoms with E-state index in [-0.39, 0.29) is 11.9 Å². The minimum Gasteiger partial charge on any atom is -0.466 e.